The van der Waals surface area contributed by atoms with Crippen LogP contribution in [-0.2, 0) is 4.79 Å². The molecule has 3 aromatic carbocycles. The molecule has 0 unspecified atom stereocenters. The molecule has 0 spiro atoms. The Bertz CT molecular complexity index is 1110. The van der Waals surface area contributed by atoms with Gasteiger partial charge in [0.25, 0.3) is 5.91 Å². The van der Waals surface area contributed by atoms with Gasteiger partial charge in [-0.25, -0.2) is 0 Å². The number of amides is 1. The normalized spacial score (nSPS) is 15.4. The van der Waals surface area contributed by atoms with E-state index in [0.717, 1.165) is 32.2 Å². The van der Waals surface area contributed by atoms with Gasteiger partial charge in [-0.1, -0.05) is 46.3 Å². The molecule has 28 heavy (non-hydrogen) atoms. The largest absolute Gasteiger partial charge is 0.493 e. The van der Waals surface area contributed by atoms with Crippen LogP contribution in [-0.4, -0.2) is 17.6 Å². The fourth-order valence-electron chi connectivity index (χ4n) is 3.21. The highest BCUT2D eigenvalue weighted by atomic mass is 79.9. The van der Waals surface area contributed by atoms with E-state index >= 15 is 0 Å². The summed E-state index contributed by atoms with van der Waals surface area (Å²) in [5.41, 5.74) is 2.00. The molecule has 3 aromatic rings. The first-order valence-electron chi connectivity index (χ1n) is 8.85. The number of benzene rings is 3. The summed E-state index contributed by atoms with van der Waals surface area (Å²) in [6, 6.07) is 19.4. The van der Waals surface area contributed by atoms with Gasteiger partial charge in [0.05, 0.1) is 12.3 Å². The van der Waals surface area contributed by atoms with Crippen molar-refractivity contribution in [1.82, 2.24) is 5.32 Å². The van der Waals surface area contributed by atoms with Crippen molar-refractivity contribution >= 4 is 61.7 Å². The SMILES string of the molecule is CCOc1ccc2ccccc2c1C=C1NC(=S)N(c2ccc(Br)cc2)C1=O. The van der Waals surface area contributed by atoms with Crippen LogP contribution < -0.4 is 15.0 Å². The minimum absolute atomic E-state index is 0.192. The van der Waals surface area contributed by atoms with Gasteiger partial charge < -0.3 is 10.1 Å². The van der Waals surface area contributed by atoms with E-state index in [4.69, 9.17) is 17.0 Å². The van der Waals surface area contributed by atoms with Crippen LogP contribution in [0.25, 0.3) is 16.8 Å². The van der Waals surface area contributed by atoms with E-state index in [0.29, 0.717) is 17.4 Å². The maximum Gasteiger partial charge on any atom is 0.281 e. The summed E-state index contributed by atoms with van der Waals surface area (Å²) in [6.07, 6.45) is 1.82. The van der Waals surface area contributed by atoms with E-state index < -0.39 is 0 Å². The van der Waals surface area contributed by atoms with Crippen molar-refractivity contribution in [2.24, 2.45) is 0 Å². The topological polar surface area (TPSA) is 41.6 Å². The predicted molar refractivity (Wildman–Crippen MR) is 120 cm³/mol. The molecule has 4 rings (SSSR count). The van der Waals surface area contributed by atoms with Crippen LogP contribution in [0.1, 0.15) is 12.5 Å². The molecule has 4 nitrogen and oxygen atoms in total. The van der Waals surface area contributed by atoms with Gasteiger partial charge in [-0.3, -0.25) is 9.69 Å². The molecule has 140 valence electrons. The van der Waals surface area contributed by atoms with Crippen LogP contribution in [0.15, 0.2) is 70.8 Å². The molecule has 6 heteroatoms. The summed E-state index contributed by atoms with van der Waals surface area (Å²) in [5.74, 6) is 0.541. The van der Waals surface area contributed by atoms with Crippen LogP contribution in [0.5, 0.6) is 5.75 Å². The molecule has 1 saturated heterocycles. The summed E-state index contributed by atoms with van der Waals surface area (Å²) in [4.78, 5) is 14.6. The van der Waals surface area contributed by atoms with Crippen molar-refractivity contribution < 1.29 is 9.53 Å². The molecule has 0 bridgehead atoms. The molecule has 0 saturated carbocycles. The molecule has 1 heterocycles. The van der Waals surface area contributed by atoms with E-state index in [1.54, 1.807) is 0 Å². The number of fused-ring (bicyclic) bond motifs is 1. The number of hydrogen-bond acceptors (Lipinski definition) is 3. The maximum atomic E-state index is 13.1. The molecular formula is C22H17BrN2O2S. The quantitative estimate of drug-likeness (QED) is 0.432. The van der Waals surface area contributed by atoms with Crippen molar-refractivity contribution in [3.8, 4) is 5.75 Å². The number of hydrogen-bond donors (Lipinski definition) is 1. The summed E-state index contributed by atoms with van der Waals surface area (Å²) in [5, 5.41) is 5.51. The zero-order valence-corrected chi connectivity index (χ0v) is 17.5. The molecule has 1 aliphatic rings. The minimum atomic E-state index is -0.192. The lowest BCUT2D eigenvalue weighted by molar-refractivity contribution is -0.113. The smallest absolute Gasteiger partial charge is 0.281 e. The Morgan fingerprint density at radius 2 is 1.86 bits per heavy atom. The van der Waals surface area contributed by atoms with E-state index in [9.17, 15) is 4.79 Å². The minimum Gasteiger partial charge on any atom is -0.493 e. The standard InChI is InChI=1S/C22H17BrN2O2S/c1-2-27-20-12-7-14-5-3-4-6-17(14)18(20)13-19-21(26)25(22(28)24-19)16-10-8-15(23)9-11-16/h3-13H,2H2,1H3,(H,24,28). The summed E-state index contributed by atoms with van der Waals surface area (Å²) < 4.78 is 6.75. The van der Waals surface area contributed by atoms with Crippen LogP contribution >= 0.6 is 28.1 Å². The van der Waals surface area contributed by atoms with Gasteiger partial charge in [0, 0.05) is 10.0 Å². The molecule has 0 aromatic heterocycles. The first-order chi connectivity index (χ1) is 13.6. The van der Waals surface area contributed by atoms with Gasteiger partial charge in [-0.2, -0.15) is 0 Å². The van der Waals surface area contributed by atoms with Gasteiger partial charge in [0.1, 0.15) is 11.4 Å². The lowest BCUT2D eigenvalue weighted by Crippen LogP contribution is -2.30. The zero-order chi connectivity index (χ0) is 19.7. The highest BCUT2D eigenvalue weighted by Crippen LogP contribution is 2.32. The second-order valence-electron chi connectivity index (χ2n) is 6.24. The first kappa shape index (κ1) is 18.7. The lowest BCUT2D eigenvalue weighted by atomic mass is 10.0. The average Bonchev–Trinajstić information content (AvgIpc) is 2.98. The number of halogens is 1. The Morgan fingerprint density at radius 1 is 1.11 bits per heavy atom. The summed E-state index contributed by atoms with van der Waals surface area (Å²) in [7, 11) is 0. The van der Waals surface area contributed by atoms with Crippen LogP contribution in [0.3, 0.4) is 0 Å². The highest BCUT2D eigenvalue weighted by molar-refractivity contribution is 9.10. The van der Waals surface area contributed by atoms with Crippen molar-refractivity contribution in [1.29, 1.82) is 0 Å². The zero-order valence-electron chi connectivity index (χ0n) is 15.1. The Labute approximate surface area is 176 Å². The lowest BCUT2D eigenvalue weighted by Gasteiger charge is -2.14. The summed E-state index contributed by atoms with van der Waals surface area (Å²) in [6.45, 7) is 2.48. The van der Waals surface area contributed by atoms with E-state index in [1.165, 1.54) is 4.90 Å². The number of nitrogens with zero attached hydrogens (tertiary/aromatic N) is 1. The number of thiocarbonyl (C=S) groups is 1. The van der Waals surface area contributed by atoms with Gasteiger partial charge >= 0.3 is 0 Å². The number of carbonyl (C=O) groups is 1. The first-order valence-corrected chi connectivity index (χ1v) is 10.1. The van der Waals surface area contributed by atoms with Gasteiger partial charge in [0.15, 0.2) is 5.11 Å². The third-order valence-corrected chi connectivity index (χ3v) is 5.30. The van der Waals surface area contributed by atoms with Gasteiger partial charge in [-0.05, 0) is 66.3 Å². The molecule has 1 aliphatic heterocycles. The second-order valence-corrected chi connectivity index (χ2v) is 7.54. The molecule has 1 fully saturated rings. The van der Waals surface area contributed by atoms with Crippen LogP contribution in [0.2, 0.25) is 0 Å². The number of rotatable bonds is 4. The third-order valence-electron chi connectivity index (χ3n) is 4.48. The van der Waals surface area contributed by atoms with E-state index in [-0.39, 0.29) is 5.91 Å². The van der Waals surface area contributed by atoms with Crippen molar-refractivity contribution in [3.63, 3.8) is 0 Å². The molecule has 0 radical (unpaired) electrons. The Morgan fingerprint density at radius 3 is 2.61 bits per heavy atom. The van der Waals surface area contributed by atoms with Gasteiger partial charge in [0.2, 0.25) is 0 Å². The average molecular weight is 453 g/mol. The van der Waals surface area contributed by atoms with Crippen LogP contribution in [0, 0.1) is 0 Å². The highest BCUT2D eigenvalue weighted by Gasteiger charge is 2.32. The molecular weight excluding hydrogens is 436 g/mol. The maximum absolute atomic E-state index is 13.1. The van der Waals surface area contributed by atoms with Gasteiger partial charge in [-0.15, -0.1) is 0 Å². The second kappa shape index (κ2) is 7.73. The van der Waals surface area contributed by atoms with Crippen molar-refractivity contribution in [3.05, 3.63) is 76.4 Å². The fraction of sp³-hybridized carbons (Fsp3) is 0.0909. The third kappa shape index (κ3) is 3.41. The van der Waals surface area contributed by atoms with Crippen LogP contribution in [0.4, 0.5) is 5.69 Å². The Kier molecular flexibility index (Phi) is 5.15. The van der Waals surface area contributed by atoms with E-state index in [1.807, 2.05) is 73.7 Å². The number of nitrogens with one attached hydrogen (secondary N) is 1. The number of ether oxygens (including phenoxy) is 1. The number of anilines is 1. The molecule has 0 atom stereocenters. The fourth-order valence-corrected chi connectivity index (χ4v) is 3.77. The molecule has 1 amide bonds. The Balaban J connectivity index is 1.79. The summed E-state index contributed by atoms with van der Waals surface area (Å²) >= 11 is 8.82. The number of carbonyl (C=O) groups excluding carboxylic acids is 1. The molecule has 1 N–H and O–H groups in total. The Hall–Kier alpha value is -2.70. The van der Waals surface area contributed by atoms with Crippen molar-refractivity contribution in [2.75, 3.05) is 11.5 Å². The van der Waals surface area contributed by atoms with E-state index in [2.05, 4.69) is 21.2 Å². The predicted octanol–water partition coefficient (Wildman–Crippen LogP) is 5.26. The molecule has 0 aliphatic carbocycles. The van der Waals surface area contributed by atoms with Crippen molar-refractivity contribution in [2.45, 2.75) is 6.92 Å². The monoisotopic (exact) mass is 452 g/mol.